The molecule has 0 saturated heterocycles. The standard InChI is InChI=1S/C58H74O6S4/c1-7-13-17-19-23-41(21-15-9-3)39-63-47-37-53(67-55(47)43-25-29-45(30-26-43)57(59)61-11-5)51-35-33-49(65-51)50-34-36-52(66-50)54-38-48(64-40-42(22-16-10-4)24-20-18-14-8-2)56(68-54)44-27-31-46(32-28-44)58(60)62-12-6/h25-38,41-42H,7-24,39-40H2,1-6H3. The van der Waals surface area contributed by atoms with Crippen LogP contribution in [0.25, 0.3) is 50.1 Å². The van der Waals surface area contributed by atoms with E-state index in [-0.39, 0.29) is 11.9 Å². The van der Waals surface area contributed by atoms with Crippen molar-refractivity contribution in [2.45, 2.75) is 144 Å². The molecule has 2 atom stereocenters. The molecule has 2 unspecified atom stereocenters. The van der Waals surface area contributed by atoms with Gasteiger partial charge in [-0.2, -0.15) is 0 Å². The van der Waals surface area contributed by atoms with Gasteiger partial charge in [-0.05, 0) is 111 Å². The van der Waals surface area contributed by atoms with Crippen LogP contribution in [0.2, 0.25) is 0 Å². The molecule has 10 heteroatoms. The molecule has 6 nitrogen and oxygen atoms in total. The van der Waals surface area contributed by atoms with Gasteiger partial charge < -0.3 is 18.9 Å². The second-order valence-corrected chi connectivity index (χ2v) is 22.1. The lowest BCUT2D eigenvalue weighted by Gasteiger charge is -2.18. The Labute approximate surface area is 423 Å². The number of hydrogen-bond donors (Lipinski definition) is 0. The molecule has 6 aromatic rings. The third-order valence-electron chi connectivity index (χ3n) is 12.5. The summed E-state index contributed by atoms with van der Waals surface area (Å²) in [6.07, 6.45) is 19.7. The molecule has 68 heavy (non-hydrogen) atoms. The first-order valence-electron chi connectivity index (χ1n) is 25.6. The van der Waals surface area contributed by atoms with Crippen molar-refractivity contribution in [3.63, 3.8) is 0 Å². The van der Waals surface area contributed by atoms with Gasteiger partial charge in [0.2, 0.25) is 0 Å². The van der Waals surface area contributed by atoms with E-state index in [0.29, 0.717) is 49.4 Å². The molecule has 6 rings (SSSR count). The lowest BCUT2D eigenvalue weighted by Crippen LogP contribution is -2.12. The first-order chi connectivity index (χ1) is 33.3. The van der Waals surface area contributed by atoms with E-state index in [0.717, 1.165) is 32.4 Å². The highest BCUT2D eigenvalue weighted by atomic mass is 32.1. The lowest BCUT2D eigenvalue weighted by molar-refractivity contribution is 0.0517. The fraction of sp³-hybridized carbons (Fsp3) is 0.483. The summed E-state index contributed by atoms with van der Waals surface area (Å²) >= 11 is 7.13. The first kappa shape index (κ1) is 53.1. The number of unbranched alkanes of at least 4 members (excludes halogenated alkanes) is 8. The molecular weight excluding hydrogens is 921 g/mol. The van der Waals surface area contributed by atoms with Crippen molar-refractivity contribution in [3.8, 4) is 61.6 Å². The molecular formula is C58H74O6S4. The Bertz CT molecular complexity index is 2230. The zero-order valence-corrected chi connectivity index (χ0v) is 44.7. The molecule has 366 valence electrons. The first-order valence-corrected chi connectivity index (χ1v) is 28.8. The molecule has 0 N–H and O–H groups in total. The minimum Gasteiger partial charge on any atom is -0.492 e. The molecule has 4 heterocycles. The Morgan fingerprint density at radius 3 is 1.12 bits per heavy atom. The topological polar surface area (TPSA) is 71.1 Å². The summed E-state index contributed by atoms with van der Waals surface area (Å²) in [7, 11) is 0. The maximum Gasteiger partial charge on any atom is 0.338 e. The van der Waals surface area contributed by atoms with Crippen LogP contribution in [-0.4, -0.2) is 38.4 Å². The Balaban J connectivity index is 1.26. The number of carbonyl (C=O) groups is 2. The third kappa shape index (κ3) is 15.4. The highest BCUT2D eigenvalue weighted by Crippen LogP contribution is 2.49. The van der Waals surface area contributed by atoms with E-state index in [1.54, 1.807) is 22.7 Å². The molecule has 0 spiro atoms. The van der Waals surface area contributed by atoms with Gasteiger partial charge in [-0.1, -0.05) is 129 Å². The zero-order valence-electron chi connectivity index (χ0n) is 41.5. The third-order valence-corrected chi connectivity index (χ3v) is 17.6. The molecule has 0 aliphatic carbocycles. The zero-order chi connectivity index (χ0) is 48.1. The molecule has 2 aromatic carbocycles. The fourth-order valence-corrected chi connectivity index (χ4v) is 13.0. The largest absolute Gasteiger partial charge is 0.492 e. The van der Waals surface area contributed by atoms with E-state index in [2.05, 4.69) is 64.1 Å². The summed E-state index contributed by atoms with van der Waals surface area (Å²) in [6, 6.07) is 29.0. The van der Waals surface area contributed by atoms with Gasteiger partial charge in [0.15, 0.2) is 0 Å². The van der Waals surface area contributed by atoms with Crippen molar-refractivity contribution in [2.75, 3.05) is 26.4 Å². The fourth-order valence-electron chi connectivity index (χ4n) is 8.50. The van der Waals surface area contributed by atoms with E-state index in [4.69, 9.17) is 18.9 Å². The van der Waals surface area contributed by atoms with Gasteiger partial charge in [0.1, 0.15) is 11.5 Å². The maximum absolute atomic E-state index is 12.5. The number of hydrogen-bond acceptors (Lipinski definition) is 10. The Kier molecular flexibility index (Phi) is 22.2. The maximum atomic E-state index is 12.5. The smallest absolute Gasteiger partial charge is 0.338 e. The van der Waals surface area contributed by atoms with Gasteiger partial charge >= 0.3 is 11.9 Å². The SMILES string of the molecule is CCCCCCC(CCCC)COc1cc(-c2ccc(-c3ccc(-c4cc(OCC(CCCC)CCCCCC)c(-c5ccc(C(=O)OCC)cc5)s4)s3)s2)sc1-c1ccc(C(=O)OCC)cc1. The van der Waals surface area contributed by atoms with Gasteiger partial charge in [0.05, 0.1) is 47.3 Å². The summed E-state index contributed by atoms with van der Waals surface area (Å²) in [5.41, 5.74) is 3.18. The Morgan fingerprint density at radius 1 is 0.412 bits per heavy atom. The predicted molar refractivity (Wildman–Crippen MR) is 292 cm³/mol. The average molecular weight is 995 g/mol. The summed E-state index contributed by atoms with van der Waals surface area (Å²) in [4.78, 5) is 34.4. The number of benzene rings is 2. The van der Waals surface area contributed by atoms with Crippen molar-refractivity contribution in [3.05, 3.63) is 96.1 Å². The van der Waals surface area contributed by atoms with Crippen molar-refractivity contribution >= 4 is 57.3 Å². The van der Waals surface area contributed by atoms with Crippen molar-refractivity contribution in [1.29, 1.82) is 0 Å². The van der Waals surface area contributed by atoms with Crippen molar-refractivity contribution in [2.24, 2.45) is 11.8 Å². The van der Waals surface area contributed by atoms with E-state index in [1.165, 1.54) is 132 Å². The number of carbonyl (C=O) groups excluding carboxylic acids is 2. The van der Waals surface area contributed by atoms with Crippen LogP contribution in [0.5, 0.6) is 11.5 Å². The van der Waals surface area contributed by atoms with Crippen LogP contribution in [0.3, 0.4) is 0 Å². The lowest BCUT2D eigenvalue weighted by atomic mass is 9.96. The summed E-state index contributed by atoms with van der Waals surface area (Å²) in [5, 5.41) is 0. The van der Waals surface area contributed by atoms with Crippen LogP contribution in [0, 0.1) is 11.8 Å². The van der Waals surface area contributed by atoms with E-state index in [9.17, 15) is 9.59 Å². The van der Waals surface area contributed by atoms with E-state index in [1.807, 2.05) is 85.1 Å². The summed E-state index contributed by atoms with van der Waals surface area (Å²) in [6.45, 7) is 14.8. The van der Waals surface area contributed by atoms with Crippen LogP contribution in [0.15, 0.2) is 84.9 Å². The van der Waals surface area contributed by atoms with Crippen LogP contribution in [0.4, 0.5) is 0 Å². The van der Waals surface area contributed by atoms with Crippen LogP contribution in [0.1, 0.15) is 165 Å². The predicted octanol–water partition coefficient (Wildman–Crippen LogP) is 18.9. The number of rotatable bonds is 31. The van der Waals surface area contributed by atoms with Gasteiger partial charge in [-0.3, -0.25) is 0 Å². The number of esters is 2. The Morgan fingerprint density at radius 2 is 0.765 bits per heavy atom. The minimum absolute atomic E-state index is 0.304. The summed E-state index contributed by atoms with van der Waals surface area (Å²) < 4.78 is 24.2. The van der Waals surface area contributed by atoms with Crippen LogP contribution < -0.4 is 9.47 Å². The molecule has 0 radical (unpaired) electrons. The minimum atomic E-state index is -0.304. The van der Waals surface area contributed by atoms with Gasteiger partial charge in [-0.25, -0.2) is 9.59 Å². The highest BCUT2D eigenvalue weighted by molar-refractivity contribution is 7.29. The van der Waals surface area contributed by atoms with Crippen molar-refractivity contribution < 1.29 is 28.5 Å². The molecule has 0 aliphatic heterocycles. The Hall–Kier alpha value is -4.22. The second kappa shape index (κ2) is 28.4. The molecule has 0 bridgehead atoms. The quantitative estimate of drug-likeness (QED) is 0.0319. The summed E-state index contributed by atoms with van der Waals surface area (Å²) in [5.74, 6) is 2.26. The number of ether oxygens (including phenoxy) is 4. The molecule has 4 aromatic heterocycles. The molecule has 0 fully saturated rings. The monoisotopic (exact) mass is 994 g/mol. The van der Waals surface area contributed by atoms with Gasteiger partial charge in [0, 0.05) is 41.4 Å². The highest BCUT2D eigenvalue weighted by Gasteiger charge is 2.22. The van der Waals surface area contributed by atoms with Crippen molar-refractivity contribution in [1.82, 2.24) is 0 Å². The van der Waals surface area contributed by atoms with Gasteiger partial charge in [-0.15, -0.1) is 45.3 Å². The normalized spacial score (nSPS) is 12.3. The van der Waals surface area contributed by atoms with Gasteiger partial charge in [0.25, 0.3) is 0 Å². The molecule has 0 amide bonds. The molecule has 0 aliphatic rings. The van der Waals surface area contributed by atoms with Crippen LogP contribution >= 0.6 is 45.3 Å². The average Bonchev–Trinajstić information content (AvgIpc) is 4.20. The van der Waals surface area contributed by atoms with E-state index < -0.39 is 0 Å². The second-order valence-electron chi connectivity index (χ2n) is 17.9. The number of thiophene rings is 4. The van der Waals surface area contributed by atoms with Crippen LogP contribution in [-0.2, 0) is 9.47 Å². The van der Waals surface area contributed by atoms with E-state index >= 15 is 0 Å². The molecule has 0 saturated carbocycles.